The minimum absolute atomic E-state index is 0.0310. The van der Waals surface area contributed by atoms with Gasteiger partial charge < -0.3 is 29.6 Å². The van der Waals surface area contributed by atoms with E-state index >= 15 is 0 Å². The monoisotopic (exact) mass is 533 g/mol. The molecule has 1 aromatic carbocycles. The summed E-state index contributed by atoms with van der Waals surface area (Å²) in [4.78, 5) is 14.6. The molecule has 4 heterocycles. The Labute approximate surface area is 224 Å². The van der Waals surface area contributed by atoms with Gasteiger partial charge in [-0.1, -0.05) is 18.2 Å². The Kier molecular flexibility index (Phi) is 6.43. The number of aliphatic hydroxyl groups is 1. The van der Waals surface area contributed by atoms with Gasteiger partial charge in [0, 0.05) is 12.5 Å². The fourth-order valence-corrected chi connectivity index (χ4v) is 6.48. The van der Waals surface area contributed by atoms with Crippen LogP contribution < -0.4 is 10.6 Å². The summed E-state index contributed by atoms with van der Waals surface area (Å²) in [5, 5.41) is 17.9. The van der Waals surface area contributed by atoms with Crippen LogP contribution in [0.1, 0.15) is 37.8 Å². The van der Waals surface area contributed by atoms with Gasteiger partial charge in [-0.05, 0) is 51.5 Å². The summed E-state index contributed by atoms with van der Waals surface area (Å²) in [7, 11) is 0. The molecule has 1 unspecified atom stereocenters. The van der Waals surface area contributed by atoms with Crippen LogP contribution in [0.5, 0.6) is 0 Å². The number of aryl methyl sites for hydroxylation is 1. The van der Waals surface area contributed by atoms with Crippen LogP contribution >= 0.6 is 11.3 Å². The van der Waals surface area contributed by atoms with Gasteiger partial charge in [0.05, 0.1) is 39.9 Å². The third-order valence-corrected chi connectivity index (χ3v) is 8.16. The van der Waals surface area contributed by atoms with Crippen LogP contribution in [0.4, 0.5) is 11.8 Å². The Bertz CT molecular complexity index is 1420. The molecule has 38 heavy (non-hydrogen) atoms. The second-order valence-electron chi connectivity index (χ2n) is 10.2. The van der Waals surface area contributed by atoms with E-state index in [2.05, 4.69) is 23.3 Å². The number of para-hydroxylation sites is 1. The van der Waals surface area contributed by atoms with E-state index in [0.29, 0.717) is 23.9 Å². The average molecular weight is 534 g/mol. The molecule has 2 fully saturated rings. The van der Waals surface area contributed by atoms with Crippen molar-refractivity contribution in [3.05, 3.63) is 66.8 Å². The molecule has 4 aromatic rings. The van der Waals surface area contributed by atoms with Gasteiger partial charge in [0.1, 0.15) is 28.7 Å². The van der Waals surface area contributed by atoms with Crippen molar-refractivity contribution in [2.45, 2.75) is 57.3 Å². The molecule has 1 saturated carbocycles. The molecule has 0 amide bonds. The number of aromatic nitrogens is 3. The van der Waals surface area contributed by atoms with E-state index in [9.17, 15) is 5.11 Å². The maximum absolute atomic E-state index is 10.1. The maximum Gasteiger partial charge on any atom is 0.225 e. The van der Waals surface area contributed by atoms with Crippen molar-refractivity contribution in [1.29, 1.82) is 0 Å². The Hall–Kier alpha value is -3.31. The van der Waals surface area contributed by atoms with E-state index in [1.54, 1.807) is 23.7 Å². The number of thiazole rings is 1. The molecule has 3 N–H and O–H groups in total. The lowest BCUT2D eigenvalue weighted by Gasteiger charge is -2.25. The predicted octanol–water partition coefficient (Wildman–Crippen LogP) is 5.31. The SMILES string of the molecule is C=CC(Nc1nc(C)c(-c2nc3ccccc3s2)c(N[C@@H]2C[C@H](CO)[C@H]3OC(C)(C)O[C@H]32)n1)c1ccco1. The van der Waals surface area contributed by atoms with Crippen molar-refractivity contribution < 1.29 is 19.0 Å². The highest BCUT2D eigenvalue weighted by Crippen LogP contribution is 2.44. The summed E-state index contributed by atoms with van der Waals surface area (Å²) in [6.45, 7) is 9.75. The molecule has 1 aliphatic heterocycles. The van der Waals surface area contributed by atoms with Gasteiger partial charge in [0.2, 0.25) is 5.95 Å². The lowest BCUT2D eigenvalue weighted by atomic mass is 10.1. The summed E-state index contributed by atoms with van der Waals surface area (Å²) in [6, 6.07) is 11.4. The van der Waals surface area contributed by atoms with Gasteiger partial charge in [-0.3, -0.25) is 0 Å². The van der Waals surface area contributed by atoms with Crippen molar-refractivity contribution in [3.8, 4) is 10.6 Å². The van der Waals surface area contributed by atoms with Gasteiger partial charge in [-0.15, -0.1) is 17.9 Å². The third kappa shape index (κ3) is 4.58. The van der Waals surface area contributed by atoms with Crippen LogP contribution in [-0.4, -0.2) is 50.7 Å². The fourth-order valence-electron chi connectivity index (χ4n) is 5.41. The fraction of sp³-hybridized carbons (Fsp3) is 0.393. The number of benzene rings is 1. The molecule has 0 radical (unpaired) electrons. The zero-order valence-electron chi connectivity index (χ0n) is 21.5. The maximum atomic E-state index is 10.1. The van der Waals surface area contributed by atoms with Crippen LogP contribution in [-0.2, 0) is 9.47 Å². The van der Waals surface area contributed by atoms with Crippen LogP contribution in [0.2, 0.25) is 0 Å². The van der Waals surface area contributed by atoms with Crippen molar-refractivity contribution in [2.75, 3.05) is 17.2 Å². The second kappa shape index (κ2) is 9.77. The lowest BCUT2D eigenvalue weighted by Crippen LogP contribution is -2.35. The summed E-state index contributed by atoms with van der Waals surface area (Å²) < 4.78 is 19.1. The van der Waals surface area contributed by atoms with E-state index in [4.69, 9.17) is 28.8 Å². The number of hydrogen-bond donors (Lipinski definition) is 3. The highest BCUT2D eigenvalue weighted by Gasteiger charge is 2.54. The Morgan fingerprint density at radius 2 is 1.97 bits per heavy atom. The number of furan rings is 1. The first-order chi connectivity index (χ1) is 18.3. The van der Waals surface area contributed by atoms with Crippen molar-refractivity contribution in [2.24, 2.45) is 5.92 Å². The van der Waals surface area contributed by atoms with E-state index in [1.807, 2.05) is 51.1 Å². The highest BCUT2D eigenvalue weighted by molar-refractivity contribution is 7.21. The van der Waals surface area contributed by atoms with E-state index in [-0.39, 0.29) is 36.8 Å². The lowest BCUT2D eigenvalue weighted by molar-refractivity contribution is -0.158. The summed E-state index contributed by atoms with van der Waals surface area (Å²) >= 11 is 1.60. The Balaban J connectivity index is 1.40. The minimum Gasteiger partial charge on any atom is -0.467 e. The quantitative estimate of drug-likeness (QED) is 0.259. The van der Waals surface area contributed by atoms with Gasteiger partial charge >= 0.3 is 0 Å². The molecule has 198 valence electrons. The third-order valence-electron chi connectivity index (χ3n) is 7.11. The van der Waals surface area contributed by atoms with Crippen LogP contribution in [0.25, 0.3) is 20.8 Å². The molecule has 2 aliphatic rings. The average Bonchev–Trinajstić information content (AvgIpc) is 3.66. The standard InChI is InChI=1S/C28H31N5O4S/c1-5-17(20-10-8-12-35-20)32-27-29-15(2)22(26-31-18-9-6-7-11-21(18)38-26)25(33-27)30-19-13-16(14-34)23-24(19)37-28(3,4)36-23/h5-12,16-17,19,23-24,34H,1,13-14H2,2-4H3,(H2,29,30,32,33)/t16-,17?,19-,23-,24+/m1/s1. The molecule has 10 heteroatoms. The van der Waals surface area contributed by atoms with Crippen molar-refractivity contribution in [3.63, 3.8) is 0 Å². The van der Waals surface area contributed by atoms with E-state index < -0.39 is 5.79 Å². The number of nitrogens with zero attached hydrogens (tertiary/aromatic N) is 3. The van der Waals surface area contributed by atoms with Crippen LogP contribution in [0.15, 0.2) is 59.7 Å². The molecule has 5 atom stereocenters. The normalized spacial score (nSPS) is 24.8. The van der Waals surface area contributed by atoms with Gasteiger partial charge in [0.25, 0.3) is 0 Å². The molecular weight excluding hydrogens is 502 g/mol. The number of fused-ring (bicyclic) bond motifs is 2. The topological polar surface area (TPSA) is 115 Å². The first-order valence-corrected chi connectivity index (χ1v) is 13.6. The number of hydrogen-bond acceptors (Lipinski definition) is 10. The highest BCUT2D eigenvalue weighted by atomic mass is 32.1. The van der Waals surface area contributed by atoms with E-state index in [1.165, 1.54) is 0 Å². The zero-order chi connectivity index (χ0) is 26.4. The number of nitrogens with one attached hydrogen (secondary N) is 2. The first kappa shape index (κ1) is 25.0. The van der Waals surface area contributed by atoms with Crippen LogP contribution in [0, 0.1) is 12.8 Å². The predicted molar refractivity (Wildman–Crippen MR) is 147 cm³/mol. The molecule has 0 spiro atoms. The minimum atomic E-state index is -0.715. The largest absolute Gasteiger partial charge is 0.467 e. The van der Waals surface area contributed by atoms with Crippen LogP contribution in [0.3, 0.4) is 0 Å². The summed E-state index contributed by atoms with van der Waals surface area (Å²) in [5.41, 5.74) is 2.55. The van der Waals surface area contributed by atoms with E-state index in [0.717, 1.165) is 26.5 Å². The Morgan fingerprint density at radius 1 is 1.16 bits per heavy atom. The van der Waals surface area contributed by atoms with Crippen molar-refractivity contribution in [1.82, 2.24) is 15.0 Å². The zero-order valence-corrected chi connectivity index (χ0v) is 22.4. The van der Waals surface area contributed by atoms with Gasteiger partial charge in [-0.2, -0.15) is 4.98 Å². The Morgan fingerprint density at radius 3 is 2.71 bits per heavy atom. The number of ether oxygens (including phenoxy) is 2. The first-order valence-electron chi connectivity index (χ1n) is 12.8. The molecular formula is C28H31N5O4S. The molecule has 1 saturated heterocycles. The summed E-state index contributed by atoms with van der Waals surface area (Å²) in [6.07, 6.45) is 3.66. The molecule has 9 nitrogen and oxygen atoms in total. The summed E-state index contributed by atoms with van der Waals surface area (Å²) in [5.74, 6) is 1.06. The molecule has 6 rings (SSSR count). The molecule has 0 bridgehead atoms. The smallest absolute Gasteiger partial charge is 0.225 e. The number of rotatable bonds is 8. The van der Waals surface area contributed by atoms with Gasteiger partial charge in [-0.25, -0.2) is 9.97 Å². The van der Waals surface area contributed by atoms with Crippen molar-refractivity contribution >= 4 is 33.3 Å². The number of aliphatic hydroxyl groups excluding tert-OH is 1. The van der Waals surface area contributed by atoms with Gasteiger partial charge in [0.15, 0.2) is 5.79 Å². The second-order valence-corrected chi connectivity index (χ2v) is 11.2. The number of anilines is 2. The molecule has 3 aromatic heterocycles. The molecule has 1 aliphatic carbocycles.